The molecule has 32 heavy (non-hydrogen) atoms. The number of nitrogens with zero attached hydrogens (tertiary/aromatic N) is 3. The zero-order valence-corrected chi connectivity index (χ0v) is 18.6. The first-order valence-corrected chi connectivity index (χ1v) is 10.6. The van der Waals surface area contributed by atoms with E-state index in [1.165, 1.54) is 24.3 Å². The third-order valence-electron chi connectivity index (χ3n) is 5.78. The first-order chi connectivity index (χ1) is 15.3. The predicted molar refractivity (Wildman–Crippen MR) is 124 cm³/mol. The van der Waals surface area contributed by atoms with Crippen LogP contribution in [0.4, 0.5) is 10.1 Å². The molecule has 1 aromatic heterocycles. The minimum Gasteiger partial charge on any atom is -0.507 e. The summed E-state index contributed by atoms with van der Waals surface area (Å²) in [6, 6.07) is 7.47. The summed E-state index contributed by atoms with van der Waals surface area (Å²) < 4.78 is 20.1. The smallest absolute Gasteiger partial charge is 0.246 e. The highest BCUT2D eigenvalue weighted by Crippen LogP contribution is 2.42. The molecule has 4 rings (SSSR count). The Bertz CT molecular complexity index is 1200. The minimum absolute atomic E-state index is 0.0312. The summed E-state index contributed by atoms with van der Waals surface area (Å²) in [5.41, 5.74) is 1.78. The summed E-state index contributed by atoms with van der Waals surface area (Å²) in [6.07, 6.45) is 2.94. The Morgan fingerprint density at radius 1 is 1.38 bits per heavy atom. The number of rotatable bonds is 4. The lowest BCUT2D eigenvalue weighted by Gasteiger charge is -2.41. The largest absolute Gasteiger partial charge is 0.507 e. The van der Waals surface area contributed by atoms with Gasteiger partial charge in [0, 0.05) is 41.6 Å². The van der Waals surface area contributed by atoms with Gasteiger partial charge < -0.3 is 19.6 Å². The Morgan fingerprint density at radius 2 is 2.16 bits per heavy atom. The quantitative estimate of drug-likeness (QED) is 0.581. The van der Waals surface area contributed by atoms with Gasteiger partial charge >= 0.3 is 0 Å². The van der Waals surface area contributed by atoms with E-state index in [4.69, 9.17) is 16.3 Å². The number of benzene rings is 2. The third-order valence-corrected chi connectivity index (χ3v) is 6.09. The van der Waals surface area contributed by atoms with E-state index in [1.807, 2.05) is 6.92 Å². The summed E-state index contributed by atoms with van der Waals surface area (Å²) >= 11 is 6.57. The Kier molecular flexibility index (Phi) is 5.93. The fourth-order valence-electron chi connectivity index (χ4n) is 4.23. The number of aromatic nitrogens is 1. The van der Waals surface area contributed by atoms with Gasteiger partial charge in [0.2, 0.25) is 5.91 Å². The second-order valence-electron chi connectivity index (χ2n) is 7.69. The van der Waals surface area contributed by atoms with Crippen LogP contribution in [0, 0.1) is 5.82 Å². The topological polar surface area (TPSA) is 65.9 Å². The number of methoxy groups -OCH3 is 1. The van der Waals surface area contributed by atoms with Gasteiger partial charge in [0.25, 0.3) is 0 Å². The second-order valence-corrected chi connectivity index (χ2v) is 8.10. The summed E-state index contributed by atoms with van der Waals surface area (Å²) in [5, 5.41) is 11.2. The van der Waals surface area contributed by atoms with Crippen LogP contribution in [-0.4, -0.2) is 53.7 Å². The van der Waals surface area contributed by atoms with Gasteiger partial charge in [0.05, 0.1) is 30.1 Å². The van der Waals surface area contributed by atoms with Crippen molar-refractivity contribution in [2.75, 3.05) is 31.6 Å². The van der Waals surface area contributed by atoms with E-state index < -0.39 is 5.82 Å². The lowest BCUT2D eigenvalue weighted by molar-refractivity contribution is -0.128. The minimum atomic E-state index is -0.572. The highest BCUT2D eigenvalue weighted by Gasteiger charge is 2.29. The highest BCUT2D eigenvalue weighted by molar-refractivity contribution is 6.34. The second kappa shape index (κ2) is 8.67. The van der Waals surface area contributed by atoms with Crippen LogP contribution in [0.1, 0.15) is 6.92 Å². The van der Waals surface area contributed by atoms with Crippen LogP contribution in [0.3, 0.4) is 0 Å². The van der Waals surface area contributed by atoms with Crippen LogP contribution in [0.5, 0.6) is 11.5 Å². The molecule has 0 radical (unpaired) electrons. The lowest BCUT2D eigenvalue weighted by atomic mass is 10.0. The molecule has 166 valence electrons. The molecule has 6 nitrogen and oxygen atoms in total. The third kappa shape index (κ3) is 3.73. The van der Waals surface area contributed by atoms with E-state index in [0.29, 0.717) is 36.5 Å². The highest BCUT2D eigenvalue weighted by atomic mass is 35.5. The molecule has 1 N–H and O–H groups in total. The van der Waals surface area contributed by atoms with Crippen LogP contribution in [0.15, 0.2) is 49.2 Å². The molecule has 1 saturated heterocycles. The average Bonchev–Trinajstić information content (AvgIpc) is 2.78. The maximum atomic E-state index is 14.5. The molecular weight excluding hydrogens is 433 g/mol. The van der Waals surface area contributed by atoms with Gasteiger partial charge in [-0.05, 0) is 37.3 Å². The SMILES string of the molecule is C=CC(=O)N1CCN(c2c(OC)cnc3cc(-c4c(O)cccc4F)c(Cl)cc23)CC1C. The molecule has 2 heterocycles. The van der Waals surface area contributed by atoms with Gasteiger partial charge in [-0.15, -0.1) is 0 Å². The van der Waals surface area contributed by atoms with Crippen molar-refractivity contribution in [2.45, 2.75) is 13.0 Å². The first-order valence-electron chi connectivity index (χ1n) is 10.2. The van der Waals surface area contributed by atoms with Crippen molar-refractivity contribution in [3.63, 3.8) is 0 Å². The van der Waals surface area contributed by atoms with E-state index in [1.54, 1.807) is 30.3 Å². The Morgan fingerprint density at radius 3 is 2.81 bits per heavy atom. The molecule has 0 aliphatic carbocycles. The number of phenols is 1. The molecule has 2 aromatic carbocycles. The van der Waals surface area contributed by atoms with Gasteiger partial charge in [-0.3, -0.25) is 9.78 Å². The molecule has 1 aliphatic rings. The normalized spacial score (nSPS) is 16.3. The maximum absolute atomic E-state index is 14.5. The molecule has 0 spiro atoms. The summed E-state index contributed by atoms with van der Waals surface area (Å²) in [5.74, 6) is -0.291. The van der Waals surface area contributed by atoms with Gasteiger partial charge in [0.15, 0.2) is 5.75 Å². The van der Waals surface area contributed by atoms with Crippen molar-refractivity contribution < 1.29 is 19.0 Å². The number of amides is 1. The van der Waals surface area contributed by atoms with Crippen LogP contribution >= 0.6 is 11.6 Å². The number of aromatic hydroxyl groups is 1. The van der Waals surface area contributed by atoms with Crippen molar-refractivity contribution >= 4 is 34.1 Å². The molecule has 8 heteroatoms. The summed E-state index contributed by atoms with van der Waals surface area (Å²) in [7, 11) is 1.57. The number of hydrogen-bond acceptors (Lipinski definition) is 5. The number of pyridine rings is 1. The number of hydrogen-bond donors (Lipinski definition) is 1. The molecule has 1 fully saturated rings. The molecule has 0 bridgehead atoms. The number of carbonyl (C=O) groups is 1. The number of ether oxygens (including phenoxy) is 1. The maximum Gasteiger partial charge on any atom is 0.246 e. The molecule has 0 saturated carbocycles. The van der Waals surface area contributed by atoms with Crippen LogP contribution < -0.4 is 9.64 Å². The van der Waals surface area contributed by atoms with E-state index in [0.717, 1.165) is 11.1 Å². The van der Waals surface area contributed by atoms with Crippen LogP contribution in [-0.2, 0) is 4.79 Å². The number of carbonyl (C=O) groups excluding carboxylic acids is 1. The lowest BCUT2D eigenvalue weighted by Crippen LogP contribution is -2.53. The monoisotopic (exact) mass is 455 g/mol. The zero-order chi connectivity index (χ0) is 23.0. The van der Waals surface area contributed by atoms with Gasteiger partial charge in [-0.25, -0.2) is 4.39 Å². The first kappa shape index (κ1) is 21.9. The van der Waals surface area contributed by atoms with E-state index in [-0.39, 0.29) is 28.3 Å². The van der Waals surface area contributed by atoms with E-state index in [9.17, 15) is 14.3 Å². The molecule has 1 unspecified atom stereocenters. The fourth-order valence-corrected chi connectivity index (χ4v) is 4.49. The fraction of sp³-hybridized carbons (Fsp3) is 0.250. The standard InChI is InChI=1S/C24H23ClFN3O3/c1-4-22(31)29-9-8-28(13-14(29)2)24-16-10-17(25)15(11-19(16)27-12-21(24)32-3)23-18(26)6-5-7-20(23)30/h4-7,10-12,14,30H,1,8-9,13H2,2-3H3. The van der Waals surface area contributed by atoms with E-state index in [2.05, 4.69) is 16.5 Å². The Balaban J connectivity index is 1.82. The van der Waals surface area contributed by atoms with Gasteiger partial charge in [-0.1, -0.05) is 24.2 Å². The number of phenolic OH excluding ortho intramolecular Hbond substituents is 1. The van der Waals surface area contributed by atoms with Crippen molar-refractivity contribution in [2.24, 2.45) is 0 Å². The zero-order valence-electron chi connectivity index (χ0n) is 17.8. The molecule has 1 amide bonds. The van der Waals surface area contributed by atoms with Gasteiger partial charge in [-0.2, -0.15) is 0 Å². The average molecular weight is 456 g/mol. The van der Waals surface area contributed by atoms with Crippen molar-refractivity contribution in [1.29, 1.82) is 0 Å². The summed E-state index contributed by atoms with van der Waals surface area (Å²) in [4.78, 5) is 20.5. The van der Waals surface area contributed by atoms with Crippen LogP contribution in [0.2, 0.25) is 5.02 Å². The predicted octanol–water partition coefficient (Wildman–Crippen LogP) is 4.63. The number of anilines is 1. The number of halogens is 2. The molecular formula is C24H23ClFN3O3. The van der Waals surface area contributed by atoms with Crippen molar-refractivity contribution in [1.82, 2.24) is 9.88 Å². The molecule has 3 aromatic rings. The van der Waals surface area contributed by atoms with Crippen molar-refractivity contribution in [3.8, 4) is 22.6 Å². The molecule has 1 aliphatic heterocycles. The Hall–Kier alpha value is -3.32. The molecule has 1 atom stereocenters. The summed E-state index contributed by atoms with van der Waals surface area (Å²) in [6.45, 7) is 7.27. The Labute approximate surface area is 190 Å². The number of piperazine rings is 1. The number of fused-ring (bicyclic) bond motifs is 1. The van der Waals surface area contributed by atoms with E-state index >= 15 is 0 Å². The van der Waals surface area contributed by atoms with Crippen LogP contribution in [0.25, 0.3) is 22.0 Å². The van der Waals surface area contributed by atoms with Gasteiger partial charge in [0.1, 0.15) is 11.6 Å². The van der Waals surface area contributed by atoms with Crippen molar-refractivity contribution in [3.05, 3.63) is 60.0 Å².